The SMILES string of the molecule is CC(C)C(NCc1cn[nH]c1)c1cccs1. The van der Waals surface area contributed by atoms with Gasteiger partial charge in [0.15, 0.2) is 0 Å². The highest BCUT2D eigenvalue weighted by molar-refractivity contribution is 7.10. The van der Waals surface area contributed by atoms with Crippen LogP contribution >= 0.6 is 11.3 Å². The molecule has 1 atom stereocenters. The molecule has 3 nitrogen and oxygen atoms in total. The fraction of sp³-hybridized carbons (Fsp3) is 0.417. The average molecular weight is 235 g/mol. The molecule has 0 radical (unpaired) electrons. The molecule has 2 rings (SSSR count). The van der Waals surface area contributed by atoms with Gasteiger partial charge in [-0.2, -0.15) is 5.10 Å². The number of thiophene rings is 1. The van der Waals surface area contributed by atoms with E-state index in [0.717, 1.165) is 6.54 Å². The maximum absolute atomic E-state index is 3.95. The summed E-state index contributed by atoms with van der Waals surface area (Å²) in [6.45, 7) is 5.34. The average Bonchev–Trinajstić information content (AvgIpc) is 2.88. The smallest absolute Gasteiger partial charge is 0.0532 e. The number of aromatic amines is 1. The van der Waals surface area contributed by atoms with Gasteiger partial charge in [-0.05, 0) is 17.4 Å². The molecule has 0 spiro atoms. The van der Waals surface area contributed by atoms with E-state index in [2.05, 4.69) is 46.9 Å². The number of hydrogen-bond donors (Lipinski definition) is 2. The van der Waals surface area contributed by atoms with Gasteiger partial charge in [0.05, 0.1) is 6.20 Å². The molecule has 0 aliphatic heterocycles. The summed E-state index contributed by atoms with van der Waals surface area (Å²) in [7, 11) is 0. The van der Waals surface area contributed by atoms with Gasteiger partial charge in [-0.1, -0.05) is 19.9 Å². The van der Waals surface area contributed by atoms with E-state index in [4.69, 9.17) is 0 Å². The first-order valence-corrected chi connectivity index (χ1v) is 6.40. The van der Waals surface area contributed by atoms with Crippen LogP contribution in [0.3, 0.4) is 0 Å². The van der Waals surface area contributed by atoms with Crippen LogP contribution in [0.1, 0.15) is 30.3 Å². The van der Waals surface area contributed by atoms with Gasteiger partial charge in [-0.3, -0.25) is 5.10 Å². The van der Waals surface area contributed by atoms with Crippen molar-refractivity contribution in [2.45, 2.75) is 26.4 Å². The molecule has 0 aromatic carbocycles. The Kier molecular flexibility index (Phi) is 3.74. The minimum absolute atomic E-state index is 0.426. The highest BCUT2D eigenvalue weighted by atomic mass is 32.1. The normalized spacial score (nSPS) is 13.2. The van der Waals surface area contributed by atoms with E-state index >= 15 is 0 Å². The molecule has 1 unspecified atom stereocenters. The molecular formula is C12H17N3S. The lowest BCUT2D eigenvalue weighted by atomic mass is 10.0. The van der Waals surface area contributed by atoms with E-state index in [-0.39, 0.29) is 0 Å². The van der Waals surface area contributed by atoms with Crippen molar-refractivity contribution in [2.75, 3.05) is 0 Å². The molecule has 0 bridgehead atoms. The third-order valence-electron chi connectivity index (χ3n) is 2.60. The van der Waals surface area contributed by atoms with E-state index in [0.29, 0.717) is 12.0 Å². The lowest BCUT2D eigenvalue weighted by molar-refractivity contribution is 0.416. The van der Waals surface area contributed by atoms with Crippen LogP contribution in [-0.4, -0.2) is 10.2 Å². The van der Waals surface area contributed by atoms with Gasteiger partial charge in [0.2, 0.25) is 0 Å². The first-order valence-electron chi connectivity index (χ1n) is 5.52. The Balaban J connectivity index is 1.99. The van der Waals surface area contributed by atoms with Crippen molar-refractivity contribution in [3.05, 3.63) is 40.3 Å². The molecule has 86 valence electrons. The summed E-state index contributed by atoms with van der Waals surface area (Å²) < 4.78 is 0. The Bertz CT molecular complexity index is 392. The third-order valence-corrected chi connectivity index (χ3v) is 3.55. The lowest BCUT2D eigenvalue weighted by Crippen LogP contribution is -2.24. The molecule has 0 fully saturated rings. The van der Waals surface area contributed by atoms with Gasteiger partial charge in [0.25, 0.3) is 0 Å². The van der Waals surface area contributed by atoms with E-state index in [1.54, 1.807) is 0 Å². The van der Waals surface area contributed by atoms with E-state index in [1.807, 2.05) is 23.7 Å². The molecule has 0 amide bonds. The molecule has 4 heteroatoms. The largest absolute Gasteiger partial charge is 0.305 e. The Morgan fingerprint density at radius 1 is 1.50 bits per heavy atom. The summed E-state index contributed by atoms with van der Waals surface area (Å²) in [5.41, 5.74) is 1.20. The Morgan fingerprint density at radius 2 is 2.38 bits per heavy atom. The summed E-state index contributed by atoms with van der Waals surface area (Å²) >= 11 is 1.81. The topological polar surface area (TPSA) is 40.7 Å². The Morgan fingerprint density at radius 3 is 2.94 bits per heavy atom. The molecule has 0 saturated carbocycles. The first kappa shape index (κ1) is 11.4. The van der Waals surface area contributed by atoms with Crippen molar-refractivity contribution in [3.8, 4) is 0 Å². The molecule has 2 aromatic rings. The maximum Gasteiger partial charge on any atom is 0.0532 e. The second-order valence-electron chi connectivity index (χ2n) is 4.22. The number of nitrogens with one attached hydrogen (secondary N) is 2. The Labute approximate surface area is 99.9 Å². The van der Waals surface area contributed by atoms with Crippen molar-refractivity contribution >= 4 is 11.3 Å². The molecule has 2 aromatic heterocycles. The van der Waals surface area contributed by atoms with Crippen molar-refractivity contribution in [1.82, 2.24) is 15.5 Å². The zero-order valence-electron chi connectivity index (χ0n) is 9.60. The summed E-state index contributed by atoms with van der Waals surface area (Å²) in [6, 6.07) is 4.72. The predicted molar refractivity (Wildman–Crippen MR) is 67.3 cm³/mol. The van der Waals surface area contributed by atoms with Gasteiger partial charge >= 0.3 is 0 Å². The number of aromatic nitrogens is 2. The fourth-order valence-corrected chi connectivity index (χ4v) is 2.71. The van der Waals surface area contributed by atoms with Crippen LogP contribution in [0.2, 0.25) is 0 Å². The summed E-state index contributed by atoms with van der Waals surface area (Å²) in [6.07, 6.45) is 3.79. The second kappa shape index (κ2) is 5.27. The molecular weight excluding hydrogens is 218 g/mol. The maximum atomic E-state index is 3.95. The van der Waals surface area contributed by atoms with Crippen LogP contribution in [-0.2, 0) is 6.54 Å². The van der Waals surface area contributed by atoms with Crippen LogP contribution in [0, 0.1) is 5.92 Å². The summed E-state index contributed by atoms with van der Waals surface area (Å²) in [5, 5.41) is 12.5. The highest BCUT2D eigenvalue weighted by Gasteiger charge is 2.15. The van der Waals surface area contributed by atoms with Crippen molar-refractivity contribution in [3.63, 3.8) is 0 Å². The fourth-order valence-electron chi connectivity index (χ4n) is 1.74. The van der Waals surface area contributed by atoms with Gasteiger partial charge < -0.3 is 5.32 Å². The zero-order chi connectivity index (χ0) is 11.4. The van der Waals surface area contributed by atoms with Crippen molar-refractivity contribution < 1.29 is 0 Å². The number of nitrogens with zero attached hydrogens (tertiary/aromatic N) is 1. The van der Waals surface area contributed by atoms with Crippen LogP contribution in [0.25, 0.3) is 0 Å². The van der Waals surface area contributed by atoms with E-state index < -0.39 is 0 Å². The summed E-state index contributed by atoms with van der Waals surface area (Å²) in [5.74, 6) is 0.588. The second-order valence-corrected chi connectivity index (χ2v) is 5.20. The van der Waals surface area contributed by atoms with Gasteiger partial charge in [0, 0.05) is 29.2 Å². The molecule has 0 saturated heterocycles. The minimum Gasteiger partial charge on any atom is -0.305 e. The molecule has 16 heavy (non-hydrogen) atoms. The van der Waals surface area contributed by atoms with Gasteiger partial charge in [-0.25, -0.2) is 0 Å². The Hall–Kier alpha value is -1.13. The molecule has 0 aliphatic rings. The quantitative estimate of drug-likeness (QED) is 0.836. The predicted octanol–water partition coefficient (Wildman–Crippen LogP) is 2.96. The van der Waals surface area contributed by atoms with Crippen molar-refractivity contribution in [2.24, 2.45) is 5.92 Å². The molecule has 2 N–H and O–H groups in total. The minimum atomic E-state index is 0.426. The van der Waals surface area contributed by atoms with Crippen LogP contribution < -0.4 is 5.32 Å². The number of rotatable bonds is 5. The monoisotopic (exact) mass is 235 g/mol. The lowest BCUT2D eigenvalue weighted by Gasteiger charge is -2.20. The van der Waals surface area contributed by atoms with Crippen LogP contribution in [0.15, 0.2) is 29.9 Å². The van der Waals surface area contributed by atoms with Crippen LogP contribution in [0.5, 0.6) is 0 Å². The summed E-state index contributed by atoms with van der Waals surface area (Å²) in [4.78, 5) is 1.40. The molecule has 2 heterocycles. The molecule has 0 aliphatic carbocycles. The van der Waals surface area contributed by atoms with E-state index in [1.165, 1.54) is 10.4 Å². The van der Waals surface area contributed by atoms with Crippen LogP contribution in [0.4, 0.5) is 0 Å². The third kappa shape index (κ3) is 2.71. The van der Waals surface area contributed by atoms with Gasteiger partial charge in [0.1, 0.15) is 0 Å². The number of hydrogen-bond acceptors (Lipinski definition) is 3. The van der Waals surface area contributed by atoms with Gasteiger partial charge in [-0.15, -0.1) is 11.3 Å². The zero-order valence-corrected chi connectivity index (χ0v) is 10.4. The highest BCUT2D eigenvalue weighted by Crippen LogP contribution is 2.25. The first-order chi connectivity index (χ1) is 7.77. The van der Waals surface area contributed by atoms with Crippen molar-refractivity contribution in [1.29, 1.82) is 0 Å². The van der Waals surface area contributed by atoms with E-state index in [9.17, 15) is 0 Å². The number of H-pyrrole nitrogens is 1. The standard InChI is InChI=1S/C12H17N3S/c1-9(2)12(11-4-3-5-16-11)13-6-10-7-14-15-8-10/h3-5,7-9,12-13H,6H2,1-2H3,(H,14,15).